The largest absolute Gasteiger partial charge is 0.197 e. The van der Waals surface area contributed by atoms with Crippen LogP contribution in [0.25, 0.3) is 0 Å². The van der Waals surface area contributed by atoms with Crippen LogP contribution in [0.3, 0.4) is 0 Å². The molecule has 0 spiro atoms. The van der Waals surface area contributed by atoms with Gasteiger partial charge in [-0.2, -0.15) is 5.26 Å². The van der Waals surface area contributed by atoms with Crippen LogP contribution in [0.4, 0.5) is 0 Å². The molecule has 0 amide bonds. The lowest BCUT2D eigenvalue weighted by Crippen LogP contribution is -2.17. The number of rotatable bonds is 5. The van der Waals surface area contributed by atoms with E-state index >= 15 is 0 Å². The van der Waals surface area contributed by atoms with Gasteiger partial charge in [-0.25, -0.2) is 0 Å². The van der Waals surface area contributed by atoms with Gasteiger partial charge in [-0.1, -0.05) is 39.5 Å². The quantitative estimate of drug-likeness (QED) is 0.686. The highest BCUT2D eigenvalue weighted by molar-refractivity contribution is 8.00. The molecule has 0 aromatic carbocycles. The average Bonchev–Trinajstić information content (AvgIpc) is 2.70. The summed E-state index contributed by atoms with van der Waals surface area (Å²) in [5, 5.41) is 10.2. The Morgan fingerprint density at radius 3 is 2.29 bits per heavy atom. The zero-order valence-electron chi connectivity index (χ0n) is 9.33. The third-order valence-corrected chi connectivity index (χ3v) is 4.89. The minimum atomic E-state index is 0.244. The van der Waals surface area contributed by atoms with E-state index in [1.165, 1.54) is 25.7 Å². The van der Waals surface area contributed by atoms with Crippen molar-refractivity contribution in [2.75, 3.05) is 0 Å². The van der Waals surface area contributed by atoms with Crippen LogP contribution < -0.4 is 0 Å². The lowest BCUT2D eigenvalue weighted by molar-refractivity contribution is 0.513. The molecule has 0 saturated heterocycles. The van der Waals surface area contributed by atoms with Gasteiger partial charge in [0.05, 0.1) is 11.3 Å². The first-order chi connectivity index (χ1) is 6.81. The fraction of sp³-hybridized carbons (Fsp3) is 0.917. The number of nitrogens with zero attached hydrogens (tertiary/aromatic N) is 1. The molecule has 0 aliphatic heterocycles. The van der Waals surface area contributed by atoms with Crippen molar-refractivity contribution in [3.05, 3.63) is 0 Å². The van der Waals surface area contributed by atoms with E-state index in [-0.39, 0.29) is 5.25 Å². The smallest absolute Gasteiger partial charge is 0.0947 e. The summed E-state index contributed by atoms with van der Waals surface area (Å²) in [4.78, 5) is 0. The monoisotopic (exact) mass is 211 g/mol. The molecule has 1 saturated carbocycles. The number of hydrogen-bond acceptors (Lipinski definition) is 2. The second-order valence-electron chi connectivity index (χ2n) is 4.17. The molecular formula is C12H21NS. The fourth-order valence-corrected chi connectivity index (χ4v) is 3.88. The average molecular weight is 211 g/mol. The van der Waals surface area contributed by atoms with Crippen molar-refractivity contribution in [2.24, 2.45) is 5.92 Å². The third-order valence-electron chi connectivity index (χ3n) is 3.25. The summed E-state index contributed by atoms with van der Waals surface area (Å²) in [7, 11) is 0. The Morgan fingerprint density at radius 2 is 1.86 bits per heavy atom. The second kappa shape index (κ2) is 6.35. The van der Waals surface area contributed by atoms with Gasteiger partial charge in [0.1, 0.15) is 0 Å². The highest BCUT2D eigenvalue weighted by atomic mass is 32.2. The second-order valence-corrected chi connectivity index (χ2v) is 5.62. The van der Waals surface area contributed by atoms with E-state index in [1.54, 1.807) is 0 Å². The molecule has 2 heteroatoms. The molecule has 1 unspecified atom stereocenters. The Kier molecular flexibility index (Phi) is 5.40. The van der Waals surface area contributed by atoms with Crippen LogP contribution in [0.2, 0.25) is 0 Å². The molecule has 1 nitrogen and oxygen atoms in total. The molecule has 1 atom stereocenters. The van der Waals surface area contributed by atoms with Crippen LogP contribution in [0.5, 0.6) is 0 Å². The van der Waals surface area contributed by atoms with Gasteiger partial charge >= 0.3 is 0 Å². The van der Waals surface area contributed by atoms with E-state index in [0.29, 0.717) is 5.92 Å². The highest BCUT2D eigenvalue weighted by Crippen LogP contribution is 2.36. The number of hydrogen-bond donors (Lipinski definition) is 0. The Bertz CT molecular complexity index is 187. The Balaban J connectivity index is 2.41. The van der Waals surface area contributed by atoms with Gasteiger partial charge in [-0.05, 0) is 18.8 Å². The molecule has 0 bridgehead atoms. The standard InChI is InChI=1S/C12H21NS/c1-3-10(4-2)12(9-13)14-11-7-5-6-8-11/h10-12H,3-8H2,1-2H3. The summed E-state index contributed by atoms with van der Waals surface area (Å²) in [6.45, 7) is 4.40. The van der Waals surface area contributed by atoms with Crippen molar-refractivity contribution >= 4 is 11.8 Å². The predicted molar refractivity (Wildman–Crippen MR) is 63.3 cm³/mol. The summed E-state index contributed by atoms with van der Waals surface area (Å²) in [6, 6.07) is 2.49. The summed E-state index contributed by atoms with van der Waals surface area (Å²) < 4.78 is 0. The van der Waals surface area contributed by atoms with Gasteiger partial charge in [0, 0.05) is 5.25 Å². The lowest BCUT2D eigenvalue weighted by Gasteiger charge is -2.21. The summed E-state index contributed by atoms with van der Waals surface area (Å²) in [6.07, 6.45) is 7.71. The van der Waals surface area contributed by atoms with Crippen molar-refractivity contribution in [1.82, 2.24) is 0 Å². The Morgan fingerprint density at radius 1 is 1.29 bits per heavy atom. The van der Waals surface area contributed by atoms with Crippen molar-refractivity contribution in [3.63, 3.8) is 0 Å². The molecule has 0 aromatic rings. The van der Waals surface area contributed by atoms with Gasteiger partial charge in [0.2, 0.25) is 0 Å². The zero-order valence-corrected chi connectivity index (χ0v) is 10.1. The van der Waals surface area contributed by atoms with Crippen molar-refractivity contribution in [2.45, 2.75) is 62.9 Å². The molecule has 1 rings (SSSR count). The fourth-order valence-electron chi connectivity index (χ4n) is 2.20. The summed E-state index contributed by atoms with van der Waals surface area (Å²) in [5.74, 6) is 0.602. The van der Waals surface area contributed by atoms with E-state index in [2.05, 4.69) is 19.9 Å². The molecule has 0 N–H and O–H groups in total. The van der Waals surface area contributed by atoms with E-state index in [1.807, 2.05) is 11.8 Å². The molecule has 0 heterocycles. The maximum Gasteiger partial charge on any atom is 0.0947 e. The highest BCUT2D eigenvalue weighted by Gasteiger charge is 2.24. The summed E-state index contributed by atoms with van der Waals surface area (Å²) in [5.41, 5.74) is 0. The number of nitriles is 1. The molecule has 0 aromatic heterocycles. The first-order valence-corrected chi connectivity index (χ1v) is 6.81. The minimum absolute atomic E-state index is 0.244. The van der Waals surface area contributed by atoms with Crippen molar-refractivity contribution < 1.29 is 0 Å². The molecular weight excluding hydrogens is 190 g/mol. The SMILES string of the molecule is CCC(CC)C(C#N)SC1CCCC1. The van der Waals surface area contributed by atoms with Crippen LogP contribution in [0.1, 0.15) is 52.4 Å². The zero-order chi connectivity index (χ0) is 10.4. The maximum absolute atomic E-state index is 9.15. The molecule has 1 aliphatic rings. The van der Waals surface area contributed by atoms with Gasteiger partial charge in [-0.15, -0.1) is 11.8 Å². The Hall–Kier alpha value is -0.160. The normalized spacial score (nSPS) is 19.9. The Labute approximate surface area is 92.3 Å². The van der Waals surface area contributed by atoms with Crippen LogP contribution in [-0.4, -0.2) is 10.5 Å². The van der Waals surface area contributed by atoms with Gasteiger partial charge in [-0.3, -0.25) is 0 Å². The van der Waals surface area contributed by atoms with E-state index in [9.17, 15) is 0 Å². The van der Waals surface area contributed by atoms with Crippen LogP contribution >= 0.6 is 11.8 Å². The van der Waals surface area contributed by atoms with E-state index < -0.39 is 0 Å². The first-order valence-electron chi connectivity index (χ1n) is 5.86. The molecule has 1 fully saturated rings. The summed E-state index contributed by atoms with van der Waals surface area (Å²) >= 11 is 1.95. The van der Waals surface area contributed by atoms with Gasteiger partial charge in [0.15, 0.2) is 0 Å². The van der Waals surface area contributed by atoms with Crippen LogP contribution in [-0.2, 0) is 0 Å². The molecule has 80 valence electrons. The lowest BCUT2D eigenvalue weighted by atomic mass is 10.0. The first kappa shape index (κ1) is 11.9. The molecule has 1 aliphatic carbocycles. The number of thioether (sulfide) groups is 1. The van der Waals surface area contributed by atoms with Gasteiger partial charge in [0.25, 0.3) is 0 Å². The van der Waals surface area contributed by atoms with Crippen molar-refractivity contribution in [3.8, 4) is 6.07 Å². The van der Waals surface area contributed by atoms with E-state index in [4.69, 9.17) is 5.26 Å². The van der Waals surface area contributed by atoms with E-state index in [0.717, 1.165) is 18.1 Å². The van der Waals surface area contributed by atoms with Crippen LogP contribution in [0, 0.1) is 17.2 Å². The predicted octanol–water partition coefficient (Wildman–Crippen LogP) is 3.99. The topological polar surface area (TPSA) is 23.8 Å². The van der Waals surface area contributed by atoms with Crippen LogP contribution in [0.15, 0.2) is 0 Å². The van der Waals surface area contributed by atoms with Crippen molar-refractivity contribution in [1.29, 1.82) is 5.26 Å². The molecule has 0 radical (unpaired) electrons. The maximum atomic E-state index is 9.15. The third kappa shape index (κ3) is 3.20. The van der Waals surface area contributed by atoms with Gasteiger partial charge < -0.3 is 0 Å². The molecule has 14 heavy (non-hydrogen) atoms. The minimum Gasteiger partial charge on any atom is -0.197 e.